The average molecular weight is 558 g/mol. The SMILES string of the molecule is O=C(CCCCc1ccccc1)NC(COP(=O)(OCc1ccccc1)OCc1ccccc1)c1ccccc1. The molecule has 1 unspecified atom stereocenters. The van der Waals surface area contributed by atoms with Gasteiger partial charge in [-0.1, -0.05) is 121 Å². The predicted molar refractivity (Wildman–Crippen MR) is 157 cm³/mol. The molecule has 0 aliphatic heterocycles. The van der Waals surface area contributed by atoms with Crippen molar-refractivity contribution in [2.75, 3.05) is 6.61 Å². The highest BCUT2D eigenvalue weighted by molar-refractivity contribution is 7.48. The molecule has 0 fully saturated rings. The number of phosphoric acid groups is 1. The molecule has 4 rings (SSSR count). The number of aryl methyl sites for hydroxylation is 1. The molecular weight excluding hydrogens is 521 g/mol. The lowest BCUT2D eigenvalue weighted by Gasteiger charge is -2.23. The zero-order valence-electron chi connectivity index (χ0n) is 22.6. The summed E-state index contributed by atoms with van der Waals surface area (Å²) in [5.41, 5.74) is 3.80. The maximum Gasteiger partial charge on any atom is 0.475 e. The van der Waals surface area contributed by atoms with Crippen molar-refractivity contribution in [1.82, 2.24) is 5.32 Å². The Morgan fingerprint density at radius 2 is 1.10 bits per heavy atom. The molecule has 0 aromatic heterocycles. The van der Waals surface area contributed by atoms with Gasteiger partial charge in [0.25, 0.3) is 0 Å². The maximum absolute atomic E-state index is 13.7. The van der Waals surface area contributed by atoms with Crippen LogP contribution in [0.1, 0.15) is 47.6 Å². The molecule has 6 nitrogen and oxygen atoms in total. The molecule has 1 N–H and O–H groups in total. The number of hydrogen-bond donors (Lipinski definition) is 1. The Balaban J connectivity index is 1.38. The van der Waals surface area contributed by atoms with Gasteiger partial charge in [0.15, 0.2) is 0 Å². The van der Waals surface area contributed by atoms with Gasteiger partial charge in [0.2, 0.25) is 5.91 Å². The van der Waals surface area contributed by atoms with E-state index in [0.29, 0.717) is 6.42 Å². The molecule has 4 aromatic rings. The Bertz CT molecular complexity index is 1270. The van der Waals surface area contributed by atoms with Crippen LogP contribution in [0.4, 0.5) is 0 Å². The van der Waals surface area contributed by atoms with Crippen molar-refractivity contribution in [2.45, 2.75) is 44.9 Å². The highest BCUT2D eigenvalue weighted by Gasteiger charge is 2.29. The number of hydrogen-bond acceptors (Lipinski definition) is 5. The second-order valence-electron chi connectivity index (χ2n) is 9.48. The number of amides is 1. The van der Waals surface area contributed by atoms with Crippen LogP contribution >= 0.6 is 7.82 Å². The van der Waals surface area contributed by atoms with Crippen molar-refractivity contribution < 1.29 is 22.9 Å². The van der Waals surface area contributed by atoms with Crippen LogP contribution in [-0.2, 0) is 42.6 Å². The second-order valence-corrected chi connectivity index (χ2v) is 11.2. The van der Waals surface area contributed by atoms with E-state index in [4.69, 9.17) is 13.6 Å². The van der Waals surface area contributed by atoms with E-state index >= 15 is 0 Å². The largest absolute Gasteiger partial charge is 0.475 e. The van der Waals surface area contributed by atoms with Gasteiger partial charge in [0.05, 0.1) is 25.9 Å². The minimum Gasteiger partial charge on any atom is -0.347 e. The average Bonchev–Trinajstić information content (AvgIpc) is 3.01. The van der Waals surface area contributed by atoms with E-state index in [-0.39, 0.29) is 25.7 Å². The summed E-state index contributed by atoms with van der Waals surface area (Å²) in [5.74, 6) is -0.0873. The summed E-state index contributed by atoms with van der Waals surface area (Å²) in [6.07, 6.45) is 3.00. The summed E-state index contributed by atoms with van der Waals surface area (Å²) in [5, 5.41) is 3.06. The predicted octanol–water partition coefficient (Wildman–Crippen LogP) is 7.82. The molecule has 0 radical (unpaired) electrons. The van der Waals surface area contributed by atoms with Gasteiger partial charge in [-0.25, -0.2) is 4.57 Å². The Hall–Kier alpha value is -3.54. The van der Waals surface area contributed by atoms with Crippen LogP contribution in [0.5, 0.6) is 0 Å². The van der Waals surface area contributed by atoms with Crippen LogP contribution < -0.4 is 5.32 Å². The zero-order valence-corrected chi connectivity index (χ0v) is 23.5. The Kier molecular flexibility index (Phi) is 11.7. The van der Waals surface area contributed by atoms with E-state index in [2.05, 4.69) is 17.4 Å². The van der Waals surface area contributed by atoms with Gasteiger partial charge in [-0.15, -0.1) is 0 Å². The highest BCUT2D eigenvalue weighted by Crippen LogP contribution is 2.51. The number of unbranched alkanes of at least 4 members (excludes halogenated alkanes) is 1. The number of nitrogens with one attached hydrogen (secondary N) is 1. The molecule has 0 heterocycles. The molecule has 0 spiro atoms. The van der Waals surface area contributed by atoms with Crippen molar-refractivity contribution in [3.63, 3.8) is 0 Å². The molecule has 208 valence electrons. The third-order valence-electron chi connectivity index (χ3n) is 6.36. The van der Waals surface area contributed by atoms with Gasteiger partial charge in [-0.3, -0.25) is 18.4 Å². The molecule has 40 heavy (non-hydrogen) atoms. The van der Waals surface area contributed by atoms with Crippen LogP contribution in [0.25, 0.3) is 0 Å². The highest BCUT2D eigenvalue weighted by atomic mass is 31.2. The van der Waals surface area contributed by atoms with E-state index in [1.807, 2.05) is 109 Å². The second kappa shape index (κ2) is 15.9. The molecule has 0 bridgehead atoms. The van der Waals surface area contributed by atoms with Crippen molar-refractivity contribution in [1.29, 1.82) is 0 Å². The molecule has 0 saturated carbocycles. The number of carbonyl (C=O) groups excluding carboxylic acids is 1. The molecule has 0 aliphatic rings. The maximum atomic E-state index is 13.7. The van der Waals surface area contributed by atoms with Crippen LogP contribution in [-0.4, -0.2) is 12.5 Å². The summed E-state index contributed by atoms with van der Waals surface area (Å²) in [6.45, 7) is 0.0635. The number of carbonyl (C=O) groups is 1. The van der Waals surface area contributed by atoms with Gasteiger partial charge in [0, 0.05) is 6.42 Å². The number of phosphoric ester groups is 1. The molecule has 1 amide bonds. The summed E-state index contributed by atoms with van der Waals surface area (Å²) in [4.78, 5) is 12.9. The quantitative estimate of drug-likeness (QED) is 0.112. The molecule has 7 heteroatoms. The van der Waals surface area contributed by atoms with Crippen molar-refractivity contribution >= 4 is 13.7 Å². The smallest absolute Gasteiger partial charge is 0.347 e. The lowest BCUT2D eigenvalue weighted by molar-refractivity contribution is -0.122. The summed E-state index contributed by atoms with van der Waals surface area (Å²) in [6, 6.07) is 38.1. The van der Waals surface area contributed by atoms with E-state index in [0.717, 1.165) is 36.0 Å². The standard InChI is InChI=1S/C33H36NO5P/c35-33(24-14-13-17-28-15-5-1-6-16-28)34-32(31-22-11-4-12-23-31)27-39-40(36,37-25-29-18-7-2-8-19-29)38-26-30-20-9-3-10-21-30/h1-12,15-16,18-23,32H,13-14,17,24-27H2,(H,34,35). The van der Waals surface area contributed by atoms with Gasteiger partial charge in [-0.2, -0.15) is 0 Å². The summed E-state index contributed by atoms with van der Waals surface area (Å²) < 4.78 is 31.1. The topological polar surface area (TPSA) is 73.9 Å². The first-order valence-electron chi connectivity index (χ1n) is 13.6. The van der Waals surface area contributed by atoms with Gasteiger partial charge in [0.1, 0.15) is 0 Å². The fraction of sp³-hybridized carbons (Fsp3) is 0.242. The van der Waals surface area contributed by atoms with Crippen molar-refractivity contribution in [3.8, 4) is 0 Å². The van der Waals surface area contributed by atoms with Crippen molar-refractivity contribution in [3.05, 3.63) is 144 Å². The number of rotatable bonds is 16. The Morgan fingerprint density at radius 1 is 0.625 bits per heavy atom. The first kappa shape index (κ1) is 29.4. The van der Waals surface area contributed by atoms with Crippen LogP contribution in [0.15, 0.2) is 121 Å². The van der Waals surface area contributed by atoms with Crippen LogP contribution in [0, 0.1) is 0 Å². The monoisotopic (exact) mass is 557 g/mol. The lowest BCUT2D eigenvalue weighted by atomic mass is 10.1. The third kappa shape index (κ3) is 10.2. The zero-order chi connectivity index (χ0) is 27.9. The normalized spacial score (nSPS) is 12.1. The minimum absolute atomic E-state index is 0.0662. The first-order chi connectivity index (χ1) is 19.6. The molecule has 0 saturated heterocycles. The fourth-order valence-electron chi connectivity index (χ4n) is 4.17. The van der Waals surface area contributed by atoms with Gasteiger partial charge >= 0.3 is 7.82 Å². The fourth-order valence-corrected chi connectivity index (χ4v) is 5.34. The van der Waals surface area contributed by atoms with Gasteiger partial charge in [-0.05, 0) is 41.5 Å². The Morgan fingerprint density at radius 3 is 1.62 bits per heavy atom. The van der Waals surface area contributed by atoms with E-state index in [9.17, 15) is 9.36 Å². The summed E-state index contributed by atoms with van der Waals surface area (Å²) in [7, 11) is -3.98. The van der Waals surface area contributed by atoms with Gasteiger partial charge < -0.3 is 5.32 Å². The first-order valence-corrected chi connectivity index (χ1v) is 15.1. The molecule has 0 aliphatic carbocycles. The third-order valence-corrected chi connectivity index (χ3v) is 7.72. The molecule has 4 aromatic carbocycles. The molecular formula is C33H36NO5P. The number of benzene rings is 4. The van der Waals surface area contributed by atoms with Crippen LogP contribution in [0.3, 0.4) is 0 Å². The summed E-state index contributed by atoms with van der Waals surface area (Å²) >= 11 is 0. The Labute approximate surface area is 236 Å². The molecule has 1 atom stereocenters. The van der Waals surface area contributed by atoms with Crippen LogP contribution in [0.2, 0.25) is 0 Å². The van der Waals surface area contributed by atoms with Crippen molar-refractivity contribution in [2.24, 2.45) is 0 Å². The lowest BCUT2D eigenvalue weighted by Crippen LogP contribution is -2.31. The van der Waals surface area contributed by atoms with E-state index < -0.39 is 13.9 Å². The minimum atomic E-state index is -3.98. The van der Waals surface area contributed by atoms with E-state index in [1.165, 1.54) is 5.56 Å². The van der Waals surface area contributed by atoms with E-state index in [1.54, 1.807) is 0 Å².